The molecule has 55 heavy (non-hydrogen) atoms. The minimum atomic E-state index is -0.172. The van der Waals surface area contributed by atoms with Crippen molar-refractivity contribution in [3.05, 3.63) is 142 Å². The fourth-order valence-electron chi connectivity index (χ4n) is 11.7. The van der Waals surface area contributed by atoms with Gasteiger partial charge in [-0.3, -0.25) is 0 Å². The highest BCUT2D eigenvalue weighted by Crippen LogP contribution is 2.59. The van der Waals surface area contributed by atoms with E-state index < -0.39 is 0 Å². The van der Waals surface area contributed by atoms with Crippen molar-refractivity contribution in [1.29, 1.82) is 0 Å². The number of benzene rings is 6. The molecule has 11 rings (SSSR count). The highest BCUT2D eigenvalue weighted by Gasteiger charge is 2.49. The minimum absolute atomic E-state index is 0.00264. The molecule has 0 saturated heterocycles. The van der Waals surface area contributed by atoms with E-state index in [4.69, 9.17) is 0 Å². The molecule has 0 fully saturated rings. The van der Waals surface area contributed by atoms with Gasteiger partial charge in [-0.25, -0.2) is 0 Å². The molecule has 2 aliphatic carbocycles. The first-order valence-corrected chi connectivity index (χ1v) is 20.6. The zero-order valence-corrected chi connectivity index (χ0v) is 34.8. The second-order valence-corrected chi connectivity index (χ2v) is 21.0. The van der Waals surface area contributed by atoms with Crippen molar-refractivity contribution < 1.29 is 0 Å². The lowest BCUT2D eigenvalue weighted by Gasteiger charge is -2.43. The summed E-state index contributed by atoms with van der Waals surface area (Å²) in [4.78, 5) is 0. The Morgan fingerprint density at radius 1 is 0.491 bits per heavy atom. The van der Waals surface area contributed by atoms with E-state index in [0.717, 1.165) is 0 Å². The van der Waals surface area contributed by atoms with E-state index in [-0.39, 0.29) is 33.8 Å². The van der Waals surface area contributed by atoms with Gasteiger partial charge in [-0.2, -0.15) is 0 Å². The fourth-order valence-corrected chi connectivity index (χ4v) is 11.7. The first-order valence-electron chi connectivity index (χ1n) is 20.6. The molecule has 0 saturated carbocycles. The highest BCUT2D eigenvalue weighted by atomic mass is 15.0. The number of nitrogens with zero attached hydrogens (tertiary/aromatic N) is 1. The Hall–Kier alpha value is -4.82. The van der Waals surface area contributed by atoms with Crippen molar-refractivity contribution in [2.24, 2.45) is 0 Å². The number of hydrogen-bond donors (Lipinski definition) is 0. The van der Waals surface area contributed by atoms with Crippen LogP contribution in [0.4, 0.5) is 0 Å². The molecule has 0 radical (unpaired) electrons. The standard InChI is InChI=1S/C53H52BN/c1-49(2,3)29-20-23-43-34(24-29)35-25-30(50(4,5)6)26-42-48(35)55(43)44-19-15-18-38-47(44)54(42)41-27-33-31-21-22-37-45(32-16-13-14-17-36(32)51(37,7)8)46(31)53(11,12)39(33)28-40(41)52(38,9)10/h13-28H,1-12H3. The first-order chi connectivity index (χ1) is 25.8. The average Bonchev–Trinajstić information content (AvgIpc) is 3.67. The van der Waals surface area contributed by atoms with Gasteiger partial charge in [-0.15, -0.1) is 0 Å². The Labute approximate surface area is 327 Å². The molecule has 0 bridgehead atoms. The van der Waals surface area contributed by atoms with E-state index in [2.05, 4.69) is 185 Å². The van der Waals surface area contributed by atoms with E-state index in [9.17, 15) is 0 Å². The van der Waals surface area contributed by atoms with Crippen LogP contribution in [0, 0.1) is 0 Å². The van der Waals surface area contributed by atoms with Crippen molar-refractivity contribution in [3.63, 3.8) is 0 Å². The van der Waals surface area contributed by atoms with Crippen LogP contribution in [0.2, 0.25) is 0 Å². The Balaban J connectivity index is 1.25. The van der Waals surface area contributed by atoms with Gasteiger partial charge in [0.15, 0.2) is 0 Å². The van der Waals surface area contributed by atoms with Crippen molar-refractivity contribution >= 4 is 44.9 Å². The predicted octanol–water partition coefficient (Wildman–Crippen LogP) is 11.5. The normalized spacial score (nSPS) is 17.5. The number of rotatable bonds is 0. The smallest absolute Gasteiger partial charge is 0.247 e. The van der Waals surface area contributed by atoms with Crippen LogP contribution >= 0.6 is 0 Å². The molecule has 0 N–H and O–H groups in total. The number of hydrogen-bond acceptors (Lipinski definition) is 0. The molecule has 1 aromatic heterocycles. The molecule has 7 aromatic rings. The quantitative estimate of drug-likeness (QED) is 0.138. The third kappa shape index (κ3) is 3.97. The van der Waals surface area contributed by atoms with Crippen molar-refractivity contribution in [2.45, 2.75) is 110 Å². The maximum absolute atomic E-state index is 2.66. The van der Waals surface area contributed by atoms with Crippen LogP contribution in [-0.2, 0) is 27.1 Å². The SMILES string of the molecule is CC(C)(C)c1ccc2c(c1)c1cc(C(C)(C)C)cc3c1n2-c1cccc2c1B3c1cc3c(cc1C2(C)C)C(C)(C)c1c-3ccc2c1-c1ccccc1C2(C)C. The van der Waals surface area contributed by atoms with Gasteiger partial charge in [0.2, 0.25) is 6.71 Å². The van der Waals surface area contributed by atoms with E-state index in [1.54, 1.807) is 0 Å². The van der Waals surface area contributed by atoms with Crippen LogP contribution in [0.25, 0.3) is 49.7 Å². The summed E-state index contributed by atoms with van der Waals surface area (Å²) in [5, 5.41) is 2.75. The maximum Gasteiger partial charge on any atom is 0.247 e. The van der Waals surface area contributed by atoms with Crippen molar-refractivity contribution in [3.8, 4) is 27.9 Å². The van der Waals surface area contributed by atoms with Gasteiger partial charge in [0.1, 0.15) is 0 Å². The summed E-state index contributed by atoms with van der Waals surface area (Å²) in [6, 6.07) is 39.0. The molecule has 272 valence electrons. The van der Waals surface area contributed by atoms with Crippen molar-refractivity contribution in [2.75, 3.05) is 0 Å². The van der Waals surface area contributed by atoms with E-state index in [1.165, 1.54) is 111 Å². The molecule has 6 aromatic carbocycles. The maximum atomic E-state index is 2.66. The minimum Gasteiger partial charge on any atom is -0.310 e. The lowest BCUT2D eigenvalue weighted by atomic mass is 9.30. The molecule has 0 atom stereocenters. The topological polar surface area (TPSA) is 4.93 Å². The number of fused-ring (bicyclic) bond motifs is 14. The molecule has 2 aliphatic heterocycles. The van der Waals surface area contributed by atoms with E-state index in [0.29, 0.717) is 0 Å². The van der Waals surface area contributed by atoms with Crippen LogP contribution < -0.4 is 16.4 Å². The largest absolute Gasteiger partial charge is 0.310 e. The van der Waals surface area contributed by atoms with Crippen LogP contribution in [0.15, 0.2) is 97.1 Å². The van der Waals surface area contributed by atoms with Gasteiger partial charge in [0.25, 0.3) is 0 Å². The molecule has 0 amide bonds. The lowest BCUT2D eigenvalue weighted by Crippen LogP contribution is -2.63. The third-order valence-corrected chi connectivity index (χ3v) is 14.7. The second-order valence-electron chi connectivity index (χ2n) is 21.0. The molecule has 1 nitrogen and oxygen atoms in total. The second kappa shape index (κ2) is 9.94. The van der Waals surface area contributed by atoms with Crippen LogP contribution in [0.1, 0.15) is 128 Å². The molecule has 2 heteroatoms. The lowest BCUT2D eigenvalue weighted by molar-refractivity contribution is 0.590. The zero-order valence-electron chi connectivity index (χ0n) is 34.8. The number of aromatic nitrogens is 1. The summed E-state index contributed by atoms with van der Waals surface area (Å²) in [6.45, 7) is 29.0. The summed E-state index contributed by atoms with van der Waals surface area (Å²) in [5.74, 6) is 0. The fraction of sp³-hybridized carbons (Fsp3) is 0.321. The Morgan fingerprint density at radius 2 is 1.18 bits per heavy atom. The molecule has 0 spiro atoms. The average molecular weight is 714 g/mol. The monoisotopic (exact) mass is 713 g/mol. The molecule has 0 unspecified atom stereocenters. The summed E-state index contributed by atoms with van der Waals surface area (Å²) in [5.41, 5.74) is 25.5. The van der Waals surface area contributed by atoms with Gasteiger partial charge < -0.3 is 4.57 Å². The van der Waals surface area contributed by atoms with Crippen LogP contribution in [-0.4, -0.2) is 11.3 Å². The van der Waals surface area contributed by atoms with E-state index >= 15 is 0 Å². The first kappa shape index (κ1) is 33.5. The van der Waals surface area contributed by atoms with E-state index in [1.807, 2.05) is 0 Å². The third-order valence-electron chi connectivity index (χ3n) is 14.7. The zero-order chi connectivity index (χ0) is 38.5. The van der Waals surface area contributed by atoms with Gasteiger partial charge in [0, 0.05) is 38.2 Å². The molecule has 4 aliphatic rings. The van der Waals surface area contributed by atoms with Gasteiger partial charge >= 0.3 is 0 Å². The Morgan fingerprint density at radius 3 is 1.93 bits per heavy atom. The summed E-state index contributed by atoms with van der Waals surface area (Å²) < 4.78 is 2.63. The molecular weight excluding hydrogens is 661 g/mol. The highest BCUT2D eigenvalue weighted by molar-refractivity contribution is 6.99. The Kier molecular flexibility index (Phi) is 6.06. The summed E-state index contributed by atoms with van der Waals surface area (Å²) >= 11 is 0. The molecule has 3 heterocycles. The predicted molar refractivity (Wildman–Crippen MR) is 237 cm³/mol. The van der Waals surface area contributed by atoms with Crippen LogP contribution in [0.3, 0.4) is 0 Å². The van der Waals surface area contributed by atoms with Gasteiger partial charge in [-0.05, 0) is 113 Å². The molecular formula is C53H52BN. The van der Waals surface area contributed by atoms with Crippen LogP contribution in [0.5, 0.6) is 0 Å². The van der Waals surface area contributed by atoms with Gasteiger partial charge in [0.05, 0.1) is 5.52 Å². The summed E-state index contributed by atoms with van der Waals surface area (Å²) in [7, 11) is 0. The summed E-state index contributed by atoms with van der Waals surface area (Å²) in [6.07, 6.45) is 0. The van der Waals surface area contributed by atoms with Crippen molar-refractivity contribution in [1.82, 2.24) is 4.57 Å². The Bertz CT molecular complexity index is 2910. The van der Waals surface area contributed by atoms with Gasteiger partial charge in [-0.1, -0.05) is 161 Å².